The summed E-state index contributed by atoms with van der Waals surface area (Å²) in [5.41, 5.74) is 1.60. The first kappa shape index (κ1) is 22.7. The first-order valence-corrected chi connectivity index (χ1v) is 10.8. The predicted octanol–water partition coefficient (Wildman–Crippen LogP) is 3.60. The molecule has 162 valence electrons. The molecule has 0 unspecified atom stereocenters. The molecule has 0 saturated heterocycles. The fourth-order valence-corrected chi connectivity index (χ4v) is 3.16. The maximum absolute atomic E-state index is 12.9. The maximum atomic E-state index is 12.9. The number of hydrogen-bond acceptors (Lipinski definition) is 5. The van der Waals surface area contributed by atoms with Crippen LogP contribution in [0.1, 0.15) is 11.1 Å². The number of primary sulfonamides is 1. The molecule has 0 aromatic heterocycles. The third-order valence-corrected chi connectivity index (χ3v) is 5.24. The summed E-state index contributed by atoms with van der Waals surface area (Å²) in [4.78, 5) is 12.3. The first-order chi connectivity index (χ1) is 15.2. The van der Waals surface area contributed by atoms with E-state index in [2.05, 4.69) is 5.32 Å². The minimum absolute atomic E-state index is 0.0896. The van der Waals surface area contributed by atoms with Crippen molar-refractivity contribution in [3.63, 3.8) is 0 Å². The lowest BCUT2D eigenvalue weighted by Gasteiger charge is -2.07. The lowest BCUT2D eigenvalue weighted by Crippen LogP contribution is -2.14. The largest absolute Gasteiger partial charge is 0.489 e. The summed E-state index contributed by atoms with van der Waals surface area (Å²) >= 11 is 0. The number of nitrogens with two attached hydrogens (primary N) is 1. The molecule has 3 rings (SSSR count). The van der Waals surface area contributed by atoms with Gasteiger partial charge in [-0.3, -0.25) is 4.79 Å². The van der Waals surface area contributed by atoms with Crippen LogP contribution < -0.4 is 15.2 Å². The van der Waals surface area contributed by atoms with Gasteiger partial charge in [-0.1, -0.05) is 24.3 Å². The van der Waals surface area contributed by atoms with Gasteiger partial charge in [-0.25, -0.2) is 17.9 Å². The Hall–Kier alpha value is -4.00. The Bertz CT molecular complexity index is 1280. The smallest absolute Gasteiger partial charge is 0.266 e. The number of nitrogens with zero attached hydrogens (tertiary/aromatic N) is 1. The highest BCUT2D eigenvalue weighted by Crippen LogP contribution is 2.18. The Labute approximate surface area is 184 Å². The molecule has 0 aliphatic carbocycles. The van der Waals surface area contributed by atoms with Crippen LogP contribution in [0.15, 0.2) is 83.3 Å². The third kappa shape index (κ3) is 6.25. The van der Waals surface area contributed by atoms with E-state index in [0.717, 1.165) is 5.56 Å². The molecule has 0 bridgehead atoms. The van der Waals surface area contributed by atoms with Crippen LogP contribution in [0.25, 0.3) is 6.08 Å². The van der Waals surface area contributed by atoms with Crippen molar-refractivity contribution < 1.29 is 22.3 Å². The van der Waals surface area contributed by atoms with E-state index in [1.165, 1.54) is 42.5 Å². The average Bonchev–Trinajstić information content (AvgIpc) is 2.77. The zero-order valence-corrected chi connectivity index (χ0v) is 17.5. The van der Waals surface area contributed by atoms with Crippen LogP contribution in [0.4, 0.5) is 10.1 Å². The molecule has 0 heterocycles. The summed E-state index contributed by atoms with van der Waals surface area (Å²) in [5.74, 6) is -0.389. The standard InChI is InChI=1S/C23H18FN3O4S/c24-19-5-1-17(2-6-19)15-31-21-9-3-16(4-10-21)13-18(14-25)23(28)27-20-7-11-22(12-8-20)32(26,29)30/h1-13H,15H2,(H,27,28)(H2,26,29,30). The number of anilines is 1. The first-order valence-electron chi connectivity index (χ1n) is 9.28. The van der Waals surface area contributed by atoms with Crippen LogP contribution in [0.2, 0.25) is 0 Å². The monoisotopic (exact) mass is 451 g/mol. The van der Waals surface area contributed by atoms with Crippen molar-refractivity contribution in [2.24, 2.45) is 5.14 Å². The molecule has 32 heavy (non-hydrogen) atoms. The summed E-state index contributed by atoms with van der Waals surface area (Å²) in [6, 6.07) is 19.8. The number of sulfonamides is 1. The quantitative estimate of drug-likeness (QED) is 0.420. The Morgan fingerprint density at radius 2 is 1.66 bits per heavy atom. The number of benzene rings is 3. The normalized spacial score (nSPS) is 11.5. The second kappa shape index (κ2) is 9.87. The van der Waals surface area contributed by atoms with Gasteiger partial charge >= 0.3 is 0 Å². The number of halogens is 1. The molecular formula is C23H18FN3O4S. The summed E-state index contributed by atoms with van der Waals surface area (Å²) in [5, 5.41) is 16.9. The average molecular weight is 451 g/mol. The molecule has 1 amide bonds. The fourth-order valence-electron chi connectivity index (χ4n) is 2.65. The Balaban J connectivity index is 1.64. The van der Waals surface area contributed by atoms with Gasteiger partial charge in [0.15, 0.2) is 0 Å². The molecule has 7 nitrogen and oxygen atoms in total. The molecule has 3 N–H and O–H groups in total. The van der Waals surface area contributed by atoms with Crippen molar-refractivity contribution >= 4 is 27.7 Å². The van der Waals surface area contributed by atoms with Crippen molar-refractivity contribution in [1.29, 1.82) is 5.26 Å². The molecule has 0 saturated carbocycles. The molecule has 0 aliphatic rings. The number of nitrogens with one attached hydrogen (secondary N) is 1. The van der Waals surface area contributed by atoms with Crippen LogP contribution in [-0.4, -0.2) is 14.3 Å². The Kier molecular flexibility index (Phi) is 7.00. The number of carbonyl (C=O) groups excluding carboxylic acids is 1. The molecule has 0 atom stereocenters. The van der Waals surface area contributed by atoms with E-state index in [0.29, 0.717) is 17.0 Å². The van der Waals surface area contributed by atoms with Gasteiger partial charge in [0.2, 0.25) is 10.0 Å². The second-order valence-corrected chi connectivity index (χ2v) is 8.24. The van der Waals surface area contributed by atoms with Crippen LogP contribution in [0, 0.1) is 17.1 Å². The van der Waals surface area contributed by atoms with Crippen molar-refractivity contribution in [3.8, 4) is 11.8 Å². The molecule has 3 aromatic carbocycles. The molecule has 0 aliphatic heterocycles. The van der Waals surface area contributed by atoms with Crippen LogP contribution in [0.3, 0.4) is 0 Å². The van der Waals surface area contributed by atoms with Crippen molar-refractivity contribution in [2.45, 2.75) is 11.5 Å². The van der Waals surface area contributed by atoms with E-state index in [4.69, 9.17) is 9.88 Å². The van der Waals surface area contributed by atoms with E-state index in [-0.39, 0.29) is 22.9 Å². The predicted molar refractivity (Wildman–Crippen MR) is 117 cm³/mol. The highest BCUT2D eigenvalue weighted by atomic mass is 32.2. The van der Waals surface area contributed by atoms with E-state index >= 15 is 0 Å². The topological polar surface area (TPSA) is 122 Å². The van der Waals surface area contributed by atoms with Gasteiger partial charge in [0.05, 0.1) is 4.90 Å². The SMILES string of the molecule is N#CC(=Cc1ccc(OCc2ccc(F)cc2)cc1)C(=O)Nc1ccc(S(N)(=O)=O)cc1. The highest BCUT2D eigenvalue weighted by molar-refractivity contribution is 7.89. The maximum Gasteiger partial charge on any atom is 0.266 e. The summed E-state index contributed by atoms with van der Waals surface area (Å²) < 4.78 is 41.2. The van der Waals surface area contributed by atoms with E-state index in [1.54, 1.807) is 36.4 Å². The third-order valence-electron chi connectivity index (χ3n) is 4.32. The second-order valence-electron chi connectivity index (χ2n) is 6.68. The highest BCUT2D eigenvalue weighted by Gasteiger charge is 2.11. The number of ether oxygens (including phenoxy) is 1. The van der Waals surface area contributed by atoms with Gasteiger partial charge in [-0.2, -0.15) is 5.26 Å². The van der Waals surface area contributed by atoms with Gasteiger partial charge in [0, 0.05) is 5.69 Å². The van der Waals surface area contributed by atoms with Crippen LogP contribution in [0.5, 0.6) is 5.75 Å². The van der Waals surface area contributed by atoms with Crippen LogP contribution >= 0.6 is 0 Å². The van der Waals surface area contributed by atoms with Gasteiger partial charge in [0.1, 0.15) is 29.8 Å². The Morgan fingerprint density at radius 3 is 2.22 bits per heavy atom. The van der Waals surface area contributed by atoms with Crippen LogP contribution in [-0.2, 0) is 21.4 Å². The minimum Gasteiger partial charge on any atom is -0.489 e. The Morgan fingerprint density at radius 1 is 1.03 bits per heavy atom. The lowest BCUT2D eigenvalue weighted by molar-refractivity contribution is -0.112. The molecular weight excluding hydrogens is 433 g/mol. The van der Waals surface area contributed by atoms with E-state index in [9.17, 15) is 22.9 Å². The van der Waals surface area contributed by atoms with Gasteiger partial charge in [-0.05, 0) is 65.7 Å². The van der Waals surface area contributed by atoms with Crippen molar-refractivity contribution in [2.75, 3.05) is 5.32 Å². The fraction of sp³-hybridized carbons (Fsp3) is 0.0435. The summed E-state index contributed by atoms with van der Waals surface area (Å²) in [6.07, 6.45) is 1.41. The molecule has 0 spiro atoms. The summed E-state index contributed by atoms with van der Waals surface area (Å²) in [6.45, 7) is 0.269. The van der Waals surface area contributed by atoms with Gasteiger partial charge < -0.3 is 10.1 Å². The lowest BCUT2D eigenvalue weighted by atomic mass is 10.1. The van der Waals surface area contributed by atoms with E-state index in [1.807, 2.05) is 6.07 Å². The van der Waals surface area contributed by atoms with Crippen molar-refractivity contribution in [3.05, 3.63) is 95.3 Å². The number of nitriles is 1. The number of amides is 1. The minimum atomic E-state index is -3.84. The number of carbonyl (C=O) groups is 1. The number of rotatable bonds is 7. The molecule has 0 radical (unpaired) electrons. The van der Waals surface area contributed by atoms with E-state index < -0.39 is 15.9 Å². The van der Waals surface area contributed by atoms with Crippen molar-refractivity contribution in [1.82, 2.24) is 0 Å². The number of hydrogen-bond donors (Lipinski definition) is 2. The van der Waals surface area contributed by atoms with Gasteiger partial charge in [0.25, 0.3) is 5.91 Å². The zero-order chi connectivity index (χ0) is 23.1. The summed E-state index contributed by atoms with van der Waals surface area (Å²) in [7, 11) is -3.84. The zero-order valence-electron chi connectivity index (χ0n) is 16.7. The molecule has 9 heteroatoms. The molecule has 0 fully saturated rings. The molecule has 3 aromatic rings. The van der Waals surface area contributed by atoms with Gasteiger partial charge in [-0.15, -0.1) is 0 Å².